The molecular formula is C19H22O7. The molecule has 3 N–H and O–H groups in total. The van der Waals surface area contributed by atoms with Crippen LogP contribution in [-0.2, 0) is 9.53 Å². The van der Waals surface area contributed by atoms with Gasteiger partial charge in [-0.05, 0) is 31.1 Å². The number of cyclic esters (lactones) is 1. The molecule has 0 saturated heterocycles. The lowest BCUT2D eigenvalue weighted by atomic mass is 10.0. The summed E-state index contributed by atoms with van der Waals surface area (Å²) in [7, 11) is 1.42. The fourth-order valence-corrected chi connectivity index (χ4v) is 2.51. The Morgan fingerprint density at radius 2 is 1.81 bits per heavy atom. The van der Waals surface area contributed by atoms with Crippen LogP contribution >= 0.6 is 0 Å². The quantitative estimate of drug-likeness (QED) is 0.650. The van der Waals surface area contributed by atoms with Gasteiger partial charge in [-0.15, -0.1) is 0 Å². The number of ketones is 1. The fraction of sp³-hybridized carbons (Fsp3) is 0.368. The van der Waals surface area contributed by atoms with Crippen molar-refractivity contribution in [2.45, 2.75) is 38.1 Å². The number of methoxy groups -OCH3 is 1. The van der Waals surface area contributed by atoms with Crippen molar-refractivity contribution in [1.29, 1.82) is 0 Å². The predicted octanol–water partition coefficient (Wildman–Crippen LogP) is 1.60. The number of aliphatic hydroxyl groups is 2. The van der Waals surface area contributed by atoms with E-state index in [9.17, 15) is 24.9 Å². The summed E-state index contributed by atoms with van der Waals surface area (Å²) < 4.78 is 10.4. The molecule has 0 spiro atoms. The van der Waals surface area contributed by atoms with Crippen molar-refractivity contribution in [3.63, 3.8) is 0 Å². The SMILES string of the molecule is COc1cc(O)c2c(c1)/C=C\C[C@H](O)[C@H](O)C(=O)/C=C/C[C@H](C)OC2=O. The molecule has 0 aliphatic carbocycles. The standard InChI is InChI=1S/C19H22O7/c1-11-5-3-7-14(20)18(23)15(21)8-4-6-12-9-13(25-2)10-16(22)17(12)19(24)26-11/h3-4,6-7,9-11,15,18,21-23H,5,8H2,1-2H3/b6-4-,7-3+/t11-,15-,18+/m0/s1. The normalized spacial score (nSPS) is 27.0. The molecule has 7 heteroatoms. The van der Waals surface area contributed by atoms with Crippen molar-refractivity contribution in [3.8, 4) is 11.5 Å². The molecule has 1 heterocycles. The molecule has 0 amide bonds. The maximum absolute atomic E-state index is 12.4. The van der Waals surface area contributed by atoms with Gasteiger partial charge in [0, 0.05) is 12.5 Å². The largest absolute Gasteiger partial charge is 0.507 e. The molecule has 0 radical (unpaired) electrons. The molecule has 0 fully saturated rings. The van der Waals surface area contributed by atoms with E-state index in [-0.39, 0.29) is 24.2 Å². The Kier molecular flexibility index (Phi) is 6.54. The van der Waals surface area contributed by atoms with Gasteiger partial charge < -0.3 is 24.8 Å². The van der Waals surface area contributed by atoms with Crippen LogP contribution in [-0.4, -0.2) is 52.5 Å². The number of hydrogen-bond acceptors (Lipinski definition) is 7. The number of aliphatic hydroxyl groups excluding tert-OH is 2. The summed E-state index contributed by atoms with van der Waals surface area (Å²) in [6.07, 6.45) is 2.42. The minimum absolute atomic E-state index is 0.0242. The van der Waals surface area contributed by atoms with E-state index >= 15 is 0 Å². The van der Waals surface area contributed by atoms with Crippen molar-refractivity contribution in [1.82, 2.24) is 0 Å². The number of ether oxygens (including phenoxy) is 2. The van der Waals surface area contributed by atoms with E-state index in [1.807, 2.05) is 0 Å². The number of rotatable bonds is 1. The maximum atomic E-state index is 12.4. The molecule has 1 aliphatic rings. The van der Waals surface area contributed by atoms with E-state index in [1.165, 1.54) is 37.5 Å². The summed E-state index contributed by atoms with van der Waals surface area (Å²) in [6, 6.07) is 2.84. The molecule has 0 aromatic heterocycles. The molecular weight excluding hydrogens is 340 g/mol. The van der Waals surface area contributed by atoms with E-state index in [1.54, 1.807) is 6.92 Å². The molecule has 1 aromatic carbocycles. The number of benzene rings is 1. The lowest BCUT2D eigenvalue weighted by Crippen LogP contribution is -2.32. The number of carbonyl (C=O) groups excluding carboxylic acids is 2. The van der Waals surface area contributed by atoms with Crippen LogP contribution in [0.3, 0.4) is 0 Å². The highest BCUT2D eigenvalue weighted by molar-refractivity contribution is 5.97. The first kappa shape index (κ1) is 19.7. The summed E-state index contributed by atoms with van der Waals surface area (Å²) in [5.74, 6) is -1.29. The first-order valence-electron chi connectivity index (χ1n) is 8.18. The number of phenols is 1. The Hall–Kier alpha value is -2.64. The highest BCUT2D eigenvalue weighted by Crippen LogP contribution is 2.30. The van der Waals surface area contributed by atoms with Crippen LogP contribution in [0.15, 0.2) is 30.4 Å². The summed E-state index contributed by atoms with van der Waals surface area (Å²) in [4.78, 5) is 24.3. The smallest absolute Gasteiger partial charge is 0.342 e. The second-order valence-corrected chi connectivity index (χ2v) is 6.02. The lowest BCUT2D eigenvalue weighted by Gasteiger charge is -2.16. The van der Waals surface area contributed by atoms with Gasteiger partial charge in [0.25, 0.3) is 0 Å². The number of phenolic OH excluding ortho intramolecular Hbond substituents is 1. The number of hydrogen-bond donors (Lipinski definition) is 3. The van der Waals surface area contributed by atoms with Crippen LogP contribution < -0.4 is 4.74 Å². The molecule has 3 atom stereocenters. The average molecular weight is 362 g/mol. The van der Waals surface area contributed by atoms with Crippen LogP contribution in [0, 0.1) is 0 Å². The second-order valence-electron chi connectivity index (χ2n) is 6.02. The van der Waals surface area contributed by atoms with Crippen molar-refractivity contribution < 1.29 is 34.4 Å². The van der Waals surface area contributed by atoms with Crippen molar-refractivity contribution in [2.75, 3.05) is 7.11 Å². The van der Waals surface area contributed by atoms with Crippen molar-refractivity contribution in [2.24, 2.45) is 0 Å². The third-order valence-corrected chi connectivity index (χ3v) is 3.95. The van der Waals surface area contributed by atoms with Crippen molar-refractivity contribution >= 4 is 17.8 Å². The average Bonchev–Trinajstić information content (AvgIpc) is 2.59. The fourth-order valence-electron chi connectivity index (χ4n) is 2.51. The summed E-state index contributed by atoms with van der Waals surface area (Å²) in [5.41, 5.74) is 0.306. The minimum atomic E-state index is -1.55. The van der Waals surface area contributed by atoms with Gasteiger partial charge in [-0.2, -0.15) is 0 Å². The Morgan fingerprint density at radius 1 is 1.12 bits per heavy atom. The second kappa shape index (κ2) is 8.64. The summed E-state index contributed by atoms with van der Waals surface area (Å²) in [5, 5.41) is 30.0. The molecule has 0 saturated carbocycles. The number of carbonyl (C=O) groups is 2. The summed E-state index contributed by atoms with van der Waals surface area (Å²) in [6.45, 7) is 1.64. The van der Waals surface area contributed by atoms with Gasteiger partial charge >= 0.3 is 5.97 Å². The van der Waals surface area contributed by atoms with E-state index in [0.29, 0.717) is 11.3 Å². The first-order valence-corrected chi connectivity index (χ1v) is 8.18. The number of esters is 1. The Bertz CT molecular complexity index is 736. The minimum Gasteiger partial charge on any atom is -0.507 e. The third-order valence-electron chi connectivity index (χ3n) is 3.95. The molecule has 7 nitrogen and oxygen atoms in total. The molecule has 1 aromatic rings. The summed E-state index contributed by atoms with van der Waals surface area (Å²) >= 11 is 0. The van der Waals surface area contributed by atoms with Gasteiger partial charge in [-0.3, -0.25) is 4.79 Å². The molecule has 26 heavy (non-hydrogen) atoms. The molecule has 0 unspecified atom stereocenters. The third kappa shape index (κ3) is 4.71. The predicted molar refractivity (Wildman–Crippen MR) is 94.0 cm³/mol. The molecule has 0 bridgehead atoms. The molecule has 140 valence electrons. The van der Waals surface area contributed by atoms with Gasteiger partial charge in [-0.1, -0.05) is 18.2 Å². The van der Waals surface area contributed by atoms with E-state index in [2.05, 4.69) is 0 Å². The van der Waals surface area contributed by atoms with Gasteiger partial charge in [0.05, 0.1) is 13.2 Å². The van der Waals surface area contributed by atoms with Gasteiger partial charge in [0.15, 0.2) is 5.78 Å². The topological polar surface area (TPSA) is 113 Å². The molecule has 1 aliphatic heterocycles. The van der Waals surface area contributed by atoms with E-state index in [0.717, 1.165) is 6.08 Å². The number of aromatic hydroxyl groups is 1. The van der Waals surface area contributed by atoms with Crippen LogP contribution in [0.1, 0.15) is 35.7 Å². The van der Waals surface area contributed by atoms with E-state index in [4.69, 9.17) is 9.47 Å². The van der Waals surface area contributed by atoms with Crippen LogP contribution in [0.4, 0.5) is 0 Å². The van der Waals surface area contributed by atoms with Gasteiger partial charge in [0.1, 0.15) is 29.3 Å². The van der Waals surface area contributed by atoms with Gasteiger partial charge in [-0.25, -0.2) is 4.79 Å². The van der Waals surface area contributed by atoms with E-state index < -0.39 is 30.1 Å². The van der Waals surface area contributed by atoms with Gasteiger partial charge in [0.2, 0.25) is 0 Å². The van der Waals surface area contributed by atoms with Crippen molar-refractivity contribution in [3.05, 3.63) is 41.5 Å². The van der Waals surface area contributed by atoms with Crippen LogP contribution in [0.2, 0.25) is 0 Å². The zero-order valence-electron chi connectivity index (χ0n) is 14.6. The van der Waals surface area contributed by atoms with Crippen LogP contribution in [0.25, 0.3) is 6.08 Å². The Morgan fingerprint density at radius 3 is 2.50 bits per heavy atom. The number of fused-ring (bicyclic) bond motifs is 1. The Balaban J connectivity index is 2.45. The first-order chi connectivity index (χ1) is 12.3. The van der Waals surface area contributed by atoms with Crippen LogP contribution in [0.5, 0.6) is 11.5 Å². The highest BCUT2D eigenvalue weighted by atomic mass is 16.5. The molecule has 2 rings (SSSR count). The highest BCUT2D eigenvalue weighted by Gasteiger charge is 2.23. The zero-order chi connectivity index (χ0) is 19.3. The maximum Gasteiger partial charge on any atom is 0.342 e. The lowest BCUT2D eigenvalue weighted by molar-refractivity contribution is -0.127. The zero-order valence-corrected chi connectivity index (χ0v) is 14.6. The Labute approximate surface area is 151 Å². The monoisotopic (exact) mass is 362 g/mol.